The first kappa shape index (κ1) is 15.8. The molecule has 1 rings (SSSR count). The Morgan fingerprint density at radius 3 is 2.68 bits per heavy atom. The second-order valence-electron chi connectivity index (χ2n) is 4.77. The molecule has 2 N–H and O–H groups in total. The molecule has 0 bridgehead atoms. The van der Waals surface area contributed by atoms with Crippen LogP contribution >= 0.6 is 0 Å². The molecule has 1 aromatic heterocycles. The van der Waals surface area contributed by atoms with Crippen LogP contribution in [0.15, 0.2) is 12.3 Å². The monoisotopic (exact) mass is 272 g/mol. The summed E-state index contributed by atoms with van der Waals surface area (Å²) in [4.78, 5) is 4.27. The quantitative estimate of drug-likeness (QED) is 0.826. The molecule has 0 aliphatic carbocycles. The summed E-state index contributed by atoms with van der Waals surface area (Å²) < 4.78 is 31.5. The normalized spacial score (nSPS) is 13.4. The SMILES string of the molecule is CCC(F)(F)CCCc1ncc(C(C)N)cc1OC. The summed E-state index contributed by atoms with van der Waals surface area (Å²) in [6.45, 7) is 3.36. The average Bonchev–Trinajstić information content (AvgIpc) is 2.38. The van der Waals surface area contributed by atoms with Gasteiger partial charge in [0.2, 0.25) is 5.92 Å². The number of hydrogen-bond donors (Lipinski definition) is 1. The minimum atomic E-state index is -2.58. The minimum Gasteiger partial charge on any atom is -0.495 e. The second-order valence-corrected chi connectivity index (χ2v) is 4.77. The lowest BCUT2D eigenvalue weighted by molar-refractivity contribution is -0.0131. The predicted octanol–water partition coefficient (Wildman–Crippen LogP) is 3.48. The van der Waals surface area contributed by atoms with E-state index in [4.69, 9.17) is 10.5 Å². The smallest absolute Gasteiger partial charge is 0.247 e. The number of nitrogens with two attached hydrogens (primary N) is 1. The molecule has 0 aliphatic heterocycles. The zero-order chi connectivity index (χ0) is 14.5. The van der Waals surface area contributed by atoms with Gasteiger partial charge in [-0.3, -0.25) is 4.98 Å². The Labute approximate surface area is 113 Å². The summed E-state index contributed by atoms with van der Waals surface area (Å²) in [6, 6.07) is 1.70. The minimum absolute atomic E-state index is 0.122. The van der Waals surface area contributed by atoms with E-state index in [9.17, 15) is 8.78 Å². The highest BCUT2D eigenvalue weighted by molar-refractivity contribution is 5.32. The fraction of sp³-hybridized carbons (Fsp3) is 0.643. The van der Waals surface area contributed by atoms with Crippen LogP contribution in [0.25, 0.3) is 0 Å². The van der Waals surface area contributed by atoms with Gasteiger partial charge < -0.3 is 10.5 Å². The summed E-state index contributed by atoms with van der Waals surface area (Å²) in [7, 11) is 1.55. The first-order chi connectivity index (χ1) is 8.89. The van der Waals surface area contributed by atoms with Gasteiger partial charge in [-0.25, -0.2) is 8.78 Å². The van der Waals surface area contributed by atoms with Gasteiger partial charge in [-0.15, -0.1) is 0 Å². The highest BCUT2D eigenvalue weighted by Crippen LogP contribution is 2.27. The van der Waals surface area contributed by atoms with Crippen LogP contribution in [-0.4, -0.2) is 18.0 Å². The molecule has 19 heavy (non-hydrogen) atoms. The summed E-state index contributed by atoms with van der Waals surface area (Å²) >= 11 is 0. The van der Waals surface area contributed by atoms with Gasteiger partial charge in [0.1, 0.15) is 5.75 Å². The van der Waals surface area contributed by atoms with Crippen LogP contribution in [0.5, 0.6) is 5.75 Å². The highest BCUT2D eigenvalue weighted by Gasteiger charge is 2.25. The molecule has 1 heterocycles. The molecule has 0 saturated heterocycles. The Morgan fingerprint density at radius 1 is 1.47 bits per heavy atom. The first-order valence-electron chi connectivity index (χ1n) is 6.56. The number of ether oxygens (including phenoxy) is 1. The van der Waals surface area contributed by atoms with Crippen LogP contribution in [0.1, 0.15) is 50.4 Å². The van der Waals surface area contributed by atoms with Crippen LogP contribution in [-0.2, 0) is 6.42 Å². The van der Waals surface area contributed by atoms with E-state index < -0.39 is 5.92 Å². The van der Waals surface area contributed by atoms with E-state index in [0.29, 0.717) is 24.3 Å². The van der Waals surface area contributed by atoms with Gasteiger partial charge >= 0.3 is 0 Å². The van der Waals surface area contributed by atoms with Crippen molar-refractivity contribution in [1.82, 2.24) is 4.98 Å². The van der Waals surface area contributed by atoms with Gasteiger partial charge in [0.05, 0.1) is 12.8 Å². The molecule has 5 heteroatoms. The third-order valence-electron chi connectivity index (χ3n) is 3.17. The van der Waals surface area contributed by atoms with Crippen molar-refractivity contribution < 1.29 is 13.5 Å². The van der Waals surface area contributed by atoms with Crippen molar-refractivity contribution in [2.45, 2.75) is 51.5 Å². The van der Waals surface area contributed by atoms with Crippen LogP contribution in [0.2, 0.25) is 0 Å². The zero-order valence-corrected chi connectivity index (χ0v) is 11.7. The number of methoxy groups -OCH3 is 1. The molecular weight excluding hydrogens is 250 g/mol. The maximum atomic E-state index is 13.1. The van der Waals surface area contributed by atoms with Gasteiger partial charge in [0, 0.05) is 25.1 Å². The van der Waals surface area contributed by atoms with Crippen LogP contribution in [0, 0.1) is 0 Å². The molecule has 0 radical (unpaired) electrons. The van der Waals surface area contributed by atoms with Crippen molar-refractivity contribution in [3.8, 4) is 5.75 Å². The number of pyridine rings is 1. The van der Waals surface area contributed by atoms with Crippen LogP contribution in [0.4, 0.5) is 8.78 Å². The highest BCUT2D eigenvalue weighted by atomic mass is 19.3. The molecule has 1 unspecified atom stereocenters. The maximum Gasteiger partial charge on any atom is 0.247 e. The molecule has 0 amide bonds. The molecule has 0 saturated carbocycles. The third kappa shape index (κ3) is 4.74. The van der Waals surface area contributed by atoms with Crippen molar-refractivity contribution in [1.29, 1.82) is 0 Å². The van der Waals surface area contributed by atoms with Crippen molar-refractivity contribution in [3.63, 3.8) is 0 Å². The Balaban J connectivity index is 2.68. The third-order valence-corrected chi connectivity index (χ3v) is 3.17. The van der Waals surface area contributed by atoms with Crippen LogP contribution in [0.3, 0.4) is 0 Å². The molecule has 0 spiro atoms. The summed E-state index contributed by atoms with van der Waals surface area (Å²) in [5.74, 6) is -1.96. The molecule has 0 aromatic carbocycles. The predicted molar refractivity (Wildman–Crippen MR) is 71.6 cm³/mol. The fourth-order valence-corrected chi connectivity index (χ4v) is 1.79. The summed E-state index contributed by atoms with van der Waals surface area (Å²) in [5, 5.41) is 0. The average molecular weight is 272 g/mol. The number of halogens is 2. The van der Waals surface area contributed by atoms with E-state index in [1.807, 2.05) is 13.0 Å². The van der Waals surface area contributed by atoms with Gasteiger partial charge in [-0.2, -0.15) is 0 Å². The van der Waals surface area contributed by atoms with Gasteiger partial charge in [-0.05, 0) is 31.4 Å². The lowest BCUT2D eigenvalue weighted by atomic mass is 10.1. The van der Waals surface area contributed by atoms with E-state index in [-0.39, 0.29) is 18.9 Å². The Hall–Kier alpha value is -1.23. The van der Waals surface area contributed by atoms with Gasteiger partial charge in [0.15, 0.2) is 0 Å². The van der Waals surface area contributed by atoms with Crippen molar-refractivity contribution in [3.05, 3.63) is 23.5 Å². The number of aromatic nitrogens is 1. The van der Waals surface area contributed by atoms with E-state index in [1.165, 1.54) is 6.92 Å². The molecule has 0 aliphatic rings. The zero-order valence-electron chi connectivity index (χ0n) is 11.7. The number of rotatable bonds is 7. The Morgan fingerprint density at radius 2 is 2.16 bits per heavy atom. The maximum absolute atomic E-state index is 13.1. The number of aryl methyl sites for hydroxylation is 1. The van der Waals surface area contributed by atoms with E-state index in [2.05, 4.69) is 4.98 Å². The summed E-state index contributed by atoms with van der Waals surface area (Å²) in [5.41, 5.74) is 7.35. The molecule has 1 atom stereocenters. The first-order valence-corrected chi connectivity index (χ1v) is 6.56. The second kappa shape index (κ2) is 6.80. The standard InChI is InChI=1S/C14H22F2N2O/c1-4-14(15,16)7-5-6-12-13(19-3)8-11(9-18-12)10(2)17/h8-10H,4-7,17H2,1-3H3. The molecule has 108 valence electrons. The largest absolute Gasteiger partial charge is 0.495 e. The topological polar surface area (TPSA) is 48.1 Å². The van der Waals surface area contributed by atoms with Gasteiger partial charge in [-0.1, -0.05) is 6.92 Å². The lowest BCUT2D eigenvalue weighted by Gasteiger charge is -2.15. The van der Waals surface area contributed by atoms with E-state index >= 15 is 0 Å². The van der Waals surface area contributed by atoms with Gasteiger partial charge in [0.25, 0.3) is 0 Å². The number of nitrogens with zero attached hydrogens (tertiary/aromatic N) is 1. The number of hydrogen-bond acceptors (Lipinski definition) is 3. The molecule has 0 fully saturated rings. The van der Waals surface area contributed by atoms with E-state index in [1.54, 1.807) is 13.3 Å². The Kier molecular flexibility index (Phi) is 5.66. The Bertz CT molecular complexity index is 408. The van der Waals surface area contributed by atoms with Crippen molar-refractivity contribution in [2.24, 2.45) is 5.73 Å². The van der Waals surface area contributed by atoms with Crippen LogP contribution < -0.4 is 10.5 Å². The lowest BCUT2D eigenvalue weighted by Crippen LogP contribution is -2.14. The van der Waals surface area contributed by atoms with E-state index in [0.717, 1.165) is 5.56 Å². The fourth-order valence-electron chi connectivity index (χ4n) is 1.79. The molecule has 1 aromatic rings. The number of alkyl halides is 2. The molecular formula is C14H22F2N2O. The van der Waals surface area contributed by atoms with Crippen molar-refractivity contribution in [2.75, 3.05) is 7.11 Å². The van der Waals surface area contributed by atoms with Crippen molar-refractivity contribution >= 4 is 0 Å². The summed E-state index contributed by atoms with van der Waals surface area (Å²) in [6.07, 6.45) is 2.31. The molecule has 3 nitrogen and oxygen atoms in total.